The van der Waals surface area contributed by atoms with E-state index in [9.17, 15) is 9.32 Å². The van der Waals surface area contributed by atoms with E-state index in [1.807, 2.05) is 63.4 Å². The number of hydrogen-bond acceptors (Lipinski definition) is 3. The van der Waals surface area contributed by atoms with Gasteiger partial charge in [-0.05, 0) is 43.9 Å². The zero-order valence-electron chi connectivity index (χ0n) is 18.0. The van der Waals surface area contributed by atoms with Crippen LogP contribution in [0.1, 0.15) is 63.3 Å². The maximum Gasteiger partial charge on any atom is 0.137 e. The molecule has 2 aromatic rings. The number of hydrogen-bond donors (Lipinski definition) is 2. The second-order valence-electron chi connectivity index (χ2n) is 7.30. The van der Waals surface area contributed by atoms with Crippen LogP contribution in [0.15, 0.2) is 52.5 Å². The van der Waals surface area contributed by atoms with E-state index in [2.05, 4.69) is 16.1 Å². The van der Waals surface area contributed by atoms with Crippen LogP contribution in [0, 0.1) is 12.8 Å². The average Bonchev–Trinajstić information content (AvgIpc) is 2.98. The fourth-order valence-electron chi connectivity index (χ4n) is 3.21. The topological polar surface area (TPSA) is 65.4 Å². The first kappa shape index (κ1) is 23.3. The summed E-state index contributed by atoms with van der Waals surface area (Å²) >= 11 is 0. The second kappa shape index (κ2) is 11.9. The summed E-state index contributed by atoms with van der Waals surface area (Å²) in [5.41, 5.74) is 2.99. The lowest BCUT2D eigenvalue weighted by Gasteiger charge is -2.27. The molecule has 1 fully saturated rings. The minimum absolute atomic E-state index is 0.361. The summed E-state index contributed by atoms with van der Waals surface area (Å²) in [5.74, 6) is 0.717. The number of aryl methyl sites for hydroxylation is 1. The van der Waals surface area contributed by atoms with E-state index >= 15 is 0 Å². The van der Waals surface area contributed by atoms with Crippen LogP contribution in [0.3, 0.4) is 0 Å². The standard InChI is InChI=1S/C14H18N2O.C8H10OS.C2H6/c17-13(8-10-4-3-5-10)12-9-11-6-1-2-7-15-14(11)16-12;1-7-3-5-8(6-4-7)10(2)9;1-2/h2,6-7,9-10,13,17H,1,3-5,8H2,(H,15,16);3-6H,1-2H3;1-2H3. The Balaban J connectivity index is 0.000000215. The van der Waals surface area contributed by atoms with E-state index in [0.717, 1.165) is 34.1 Å². The van der Waals surface area contributed by atoms with Crippen LogP contribution in [0.4, 0.5) is 0 Å². The van der Waals surface area contributed by atoms with Gasteiger partial charge in [0.25, 0.3) is 0 Å². The first-order valence-electron chi connectivity index (χ1n) is 10.5. The first-order valence-corrected chi connectivity index (χ1v) is 12.1. The highest BCUT2D eigenvalue weighted by Crippen LogP contribution is 2.33. The molecule has 0 bridgehead atoms. The van der Waals surface area contributed by atoms with E-state index in [1.165, 1.54) is 24.8 Å². The van der Waals surface area contributed by atoms with Crippen molar-refractivity contribution in [3.05, 3.63) is 64.6 Å². The molecule has 2 atom stereocenters. The first-order chi connectivity index (χ1) is 14.0. The molecule has 0 amide bonds. The molecule has 2 N–H and O–H groups in total. The van der Waals surface area contributed by atoms with Gasteiger partial charge in [-0.1, -0.05) is 63.0 Å². The van der Waals surface area contributed by atoms with E-state index in [0.29, 0.717) is 5.92 Å². The molecule has 0 radical (unpaired) electrons. The van der Waals surface area contributed by atoms with Gasteiger partial charge >= 0.3 is 0 Å². The smallest absolute Gasteiger partial charge is 0.137 e. The van der Waals surface area contributed by atoms with Gasteiger partial charge in [-0.3, -0.25) is 4.21 Å². The molecule has 5 heteroatoms. The Morgan fingerprint density at radius 2 is 1.93 bits per heavy atom. The summed E-state index contributed by atoms with van der Waals surface area (Å²) in [5, 5.41) is 11.3. The number of aliphatic hydroxyl groups is 1. The van der Waals surface area contributed by atoms with E-state index in [1.54, 1.807) is 6.26 Å². The Kier molecular flexibility index (Phi) is 9.55. The van der Waals surface area contributed by atoms with Crippen LogP contribution in [0.25, 0.3) is 6.08 Å². The van der Waals surface area contributed by atoms with Crippen LogP contribution in [-0.2, 0) is 10.8 Å². The molecule has 1 aromatic heterocycles. The Morgan fingerprint density at radius 1 is 1.24 bits per heavy atom. The number of fused-ring (bicyclic) bond motifs is 1. The maximum absolute atomic E-state index is 10.9. The van der Waals surface area contributed by atoms with Crippen molar-refractivity contribution in [3.63, 3.8) is 0 Å². The van der Waals surface area contributed by atoms with Crippen LogP contribution in [0.2, 0.25) is 0 Å². The van der Waals surface area contributed by atoms with Crippen molar-refractivity contribution in [1.29, 1.82) is 0 Å². The van der Waals surface area contributed by atoms with Gasteiger partial charge < -0.3 is 10.1 Å². The highest BCUT2D eigenvalue weighted by Gasteiger charge is 2.22. The number of allylic oxidation sites excluding steroid dienone is 1. The van der Waals surface area contributed by atoms with E-state index < -0.39 is 10.8 Å². The largest absolute Gasteiger partial charge is 0.387 e. The second-order valence-corrected chi connectivity index (χ2v) is 8.68. The SMILES string of the molecule is CC.Cc1ccc(S(C)=O)cc1.OC(CC1CCC1)c1cc2c([nH]1)=NC=CCC=2. The van der Waals surface area contributed by atoms with Gasteiger partial charge in [-0.15, -0.1) is 0 Å². The lowest BCUT2D eigenvalue weighted by Crippen LogP contribution is -2.21. The summed E-state index contributed by atoms with van der Waals surface area (Å²) < 4.78 is 10.9. The monoisotopic (exact) mass is 414 g/mol. The summed E-state index contributed by atoms with van der Waals surface area (Å²) in [7, 11) is -0.837. The summed E-state index contributed by atoms with van der Waals surface area (Å²) in [6.07, 6.45) is 13.0. The third-order valence-corrected chi connectivity index (χ3v) is 6.06. The average molecular weight is 415 g/mol. The van der Waals surface area contributed by atoms with Gasteiger partial charge in [0.05, 0.1) is 6.10 Å². The minimum atomic E-state index is -0.837. The van der Waals surface area contributed by atoms with Crippen LogP contribution >= 0.6 is 0 Å². The van der Waals surface area contributed by atoms with E-state index in [4.69, 9.17) is 0 Å². The summed E-state index contributed by atoms with van der Waals surface area (Å²) in [6, 6.07) is 9.76. The van der Waals surface area contributed by atoms with Crippen molar-refractivity contribution < 1.29 is 9.32 Å². The van der Waals surface area contributed by atoms with Crippen molar-refractivity contribution in [2.24, 2.45) is 10.9 Å². The molecular formula is C24H34N2O2S. The predicted molar refractivity (Wildman–Crippen MR) is 122 cm³/mol. The van der Waals surface area contributed by atoms with Gasteiger partial charge in [0, 0.05) is 39.1 Å². The van der Waals surface area contributed by atoms with Crippen LogP contribution < -0.4 is 10.7 Å². The quantitative estimate of drug-likeness (QED) is 0.783. The minimum Gasteiger partial charge on any atom is -0.387 e. The van der Waals surface area contributed by atoms with Crippen molar-refractivity contribution in [2.75, 3.05) is 6.26 Å². The molecule has 0 saturated heterocycles. The number of aliphatic hydroxyl groups excluding tert-OH is 1. The molecule has 158 valence electrons. The Morgan fingerprint density at radius 3 is 2.52 bits per heavy atom. The molecule has 0 spiro atoms. The Hall–Kier alpha value is -1.98. The molecule has 2 unspecified atom stereocenters. The van der Waals surface area contributed by atoms with Crippen molar-refractivity contribution >= 4 is 16.9 Å². The van der Waals surface area contributed by atoms with Crippen LogP contribution in [-0.4, -0.2) is 20.6 Å². The molecule has 1 aromatic carbocycles. The van der Waals surface area contributed by atoms with Gasteiger partial charge in [0.1, 0.15) is 5.49 Å². The fraction of sp³-hybridized carbons (Fsp3) is 0.458. The van der Waals surface area contributed by atoms with Crippen molar-refractivity contribution in [3.8, 4) is 0 Å². The fourth-order valence-corrected chi connectivity index (χ4v) is 3.73. The molecule has 1 aliphatic carbocycles. The van der Waals surface area contributed by atoms with Crippen LogP contribution in [0.5, 0.6) is 0 Å². The number of H-pyrrole nitrogens is 1. The van der Waals surface area contributed by atoms with Gasteiger partial charge in [-0.25, -0.2) is 4.99 Å². The number of nitrogens with one attached hydrogen (secondary N) is 1. The Labute approximate surface area is 176 Å². The molecule has 2 aliphatic rings. The van der Waals surface area contributed by atoms with Crippen molar-refractivity contribution in [2.45, 2.75) is 63.9 Å². The molecule has 2 heterocycles. The highest BCUT2D eigenvalue weighted by atomic mass is 32.2. The number of aromatic nitrogens is 1. The third-order valence-electron chi connectivity index (χ3n) is 5.12. The number of benzene rings is 1. The highest BCUT2D eigenvalue weighted by molar-refractivity contribution is 7.84. The Bertz CT molecular complexity index is 925. The lowest BCUT2D eigenvalue weighted by atomic mass is 9.81. The maximum atomic E-state index is 10.9. The van der Waals surface area contributed by atoms with Gasteiger partial charge in [0.2, 0.25) is 0 Å². The third kappa shape index (κ3) is 7.09. The molecule has 1 saturated carbocycles. The molecule has 4 nitrogen and oxygen atoms in total. The van der Waals surface area contributed by atoms with Gasteiger partial charge in [0.15, 0.2) is 0 Å². The van der Waals surface area contributed by atoms with Crippen molar-refractivity contribution in [1.82, 2.24) is 4.98 Å². The predicted octanol–water partition coefficient (Wildman–Crippen LogP) is 4.31. The number of rotatable bonds is 4. The summed E-state index contributed by atoms with van der Waals surface area (Å²) in [6.45, 7) is 6.02. The molecule has 4 rings (SSSR count). The molecule has 29 heavy (non-hydrogen) atoms. The zero-order chi connectivity index (χ0) is 21.2. The zero-order valence-corrected chi connectivity index (χ0v) is 18.8. The van der Waals surface area contributed by atoms with Gasteiger partial charge in [-0.2, -0.15) is 0 Å². The summed E-state index contributed by atoms with van der Waals surface area (Å²) in [4.78, 5) is 8.45. The molecular weight excluding hydrogens is 380 g/mol. The lowest BCUT2D eigenvalue weighted by molar-refractivity contribution is 0.115. The van der Waals surface area contributed by atoms with E-state index in [-0.39, 0.29) is 6.10 Å². The molecule has 1 aliphatic heterocycles. The number of aromatic amines is 1. The number of nitrogens with zero attached hydrogens (tertiary/aromatic N) is 1. The normalized spacial score (nSPS) is 16.9.